The van der Waals surface area contributed by atoms with Gasteiger partial charge in [0.05, 0.1) is 6.33 Å². The van der Waals surface area contributed by atoms with Crippen molar-refractivity contribution in [3.05, 3.63) is 42.6 Å². The third-order valence-corrected chi connectivity index (χ3v) is 6.27. The lowest BCUT2D eigenvalue weighted by molar-refractivity contribution is 0.454. The first-order chi connectivity index (χ1) is 11.5. The van der Waals surface area contributed by atoms with Crippen molar-refractivity contribution in [3.8, 4) is 0 Å². The number of pyridine rings is 1. The molecule has 126 valence electrons. The molecule has 7 nitrogen and oxygen atoms in total. The molecule has 0 amide bonds. The highest BCUT2D eigenvalue weighted by Gasteiger charge is 2.33. The standard InChI is InChI=1S/C16H19N5O2S/c1-20-10-15(19-11-20)24(22,23)21-5-3-12(9-21)6-13-7-14-2-4-17-16(14)18-8-13/h2,4,7-8,10-12H,3,5-6,9H2,1H3,(H,17,18)/t12-/m0/s1. The summed E-state index contributed by atoms with van der Waals surface area (Å²) < 4.78 is 28.4. The van der Waals surface area contributed by atoms with Crippen LogP contribution in [0.4, 0.5) is 0 Å². The number of fused-ring (bicyclic) bond motifs is 1. The summed E-state index contributed by atoms with van der Waals surface area (Å²) in [7, 11) is -1.72. The lowest BCUT2D eigenvalue weighted by Crippen LogP contribution is -2.29. The number of imidazole rings is 1. The fourth-order valence-electron chi connectivity index (χ4n) is 3.27. The number of hydrogen-bond donors (Lipinski definition) is 1. The monoisotopic (exact) mass is 345 g/mol. The molecule has 0 bridgehead atoms. The van der Waals surface area contributed by atoms with Crippen LogP contribution in [0.15, 0.2) is 42.1 Å². The Morgan fingerprint density at radius 2 is 2.25 bits per heavy atom. The molecule has 1 aliphatic rings. The molecule has 1 atom stereocenters. The molecule has 0 spiro atoms. The van der Waals surface area contributed by atoms with Crippen LogP contribution in [0.2, 0.25) is 0 Å². The first-order valence-corrected chi connectivity index (χ1v) is 9.36. The summed E-state index contributed by atoms with van der Waals surface area (Å²) >= 11 is 0. The van der Waals surface area contributed by atoms with Crippen LogP contribution in [-0.4, -0.2) is 45.3 Å². The number of aryl methyl sites for hydroxylation is 1. The number of rotatable bonds is 4. The molecule has 0 aliphatic carbocycles. The van der Waals surface area contributed by atoms with E-state index in [-0.39, 0.29) is 5.03 Å². The van der Waals surface area contributed by atoms with E-state index in [9.17, 15) is 8.42 Å². The summed E-state index contributed by atoms with van der Waals surface area (Å²) in [5.74, 6) is 0.307. The molecular formula is C16H19N5O2S. The number of sulfonamides is 1. The van der Waals surface area contributed by atoms with Gasteiger partial charge in [-0.1, -0.05) is 0 Å². The fraction of sp³-hybridized carbons (Fsp3) is 0.375. The van der Waals surface area contributed by atoms with Crippen LogP contribution in [0.25, 0.3) is 11.0 Å². The van der Waals surface area contributed by atoms with Gasteiger partial charge in [-0.3, -0.25) is 0 Å². The van der Waals surface area contributed by atoms with E-state index in [1.165, 1.54) is 6.33 Å². The van der Waals surface area contributed by atoms with E-state index >= 15 is 0 Å². The van der Waals surface area contributed by atoms with Crippen LogP contribution >= 0.6 is 0 Å². The fourth-order valence-corrected chi connectivity index (χ4v) is 4.76. The second-order valence-electron chi connectivity index (χ2n) is 6.36. The average molecular weight is 345 g/mol. The van der Waals surface area contributed by atoms with E-state index in [0.29, 0.717) is 19.0 Å². The maximum atomic E-state index is 12.6. The summed E-state index contributed by atoms with van der Waals surface area (Å²) in [6.07, 6.45) is 8.50. The number of nitrogens with zero attached hydrogens (tertiary/aromatic N) is 4. The van der Waals surface area contributed by atoms with Crippen LogP contribution in [0.3, 0.4) is 0 Å². The van der Waals surface area contributed by atoms with Gasteiger partial charge < -0.3 is 9.55 Å². The van der Waals surface area contributed by atoms with E-state index in [1.807, 2.05) is 18.5 Å². The molecule has 24 heavy (non-hydrogen) atoms. The smallest absolute Gasteiger partial charge is 0.262 e. The Morgan fingerprint density at radius 3 is 3.04 bits per heavy atom. The van der Waals surface area contributed by atoms with E-state index in [4.69, 9.17) is 0 Å². The molecule has 1 saturated heterocycles. The molecule has 1 N–H and O–H groups in total. The molecular weight excluding hydrogens is 326 g/mol. The zero-order chi connectivity index (χ0) is 16.7. The third-order valence-electron chi connectivity index (χ3n) is 4.52. The van der Waals surface area contributed by atoms with Gasteiger partial charge in [0, 0.05) is 44.1 Å². The van der Waals surface area contributed by atoms with Gasteiger partial charge in [-0.2, -0.15) is 4.31 Å². The van der Waals surface area contributed by atoms with E-state index < -0.39 is 10.0 Å². The number of aromatic amines is 1. The highest BCUT2D eigenvalue weighted by atomic mass is 32.2. The third kappa shape index (κ3) is 2.71. The second-order valence-corrected chi connectivity index (χ2v) is 8.24. The predicted octanol–water partition coefficient (Wildman–Crippen LogP) is 1.55. The molecule has 8 heteroatoms. The Morgan fingerprint density at radius 1 is 1.38 bits per heavy atom. The second kappa shape index (κ2) is 5.71. The van der Waals surface area contributed by atoms with Crippen LogP contribution in [-0.2, 0) is 23.5 Å². The Kier molecular flexibility index (Phi) is 3.65. The maximum Gasteiger partial charge on any atom is 0.262 e. The Bertz CT molecular complexity index is 975. The first-order valence-electron chi connectivity index (χ1n) is 7.92. The van der Waals surface area contributed by atoms with Crippen LogP contribution in [0, 0.1) is 5.92 Å². The van der Waals surface area contributed by atoms with Gasteiger partial charge in [0.15, 0.2) is 5.03 Å². The summed E-state index contributed by atoms with van der Waals surface area (Å²) in [4.78, 5) is 11.5. The average Bonchev–Trinajstić information content (AvgIpc) is 3.27. The number of aromatic nitrogens is 4. The minimum absolute atomic E-state index is 0.126. The summed E-state index contributed by atoms with van der Waals surface area (Å²) in [5.41, 5.74) is 2.02. The van der Waals surface area contributed by atoms with E-state index in [1.54, 1.807) is 22.1 Å². The Hall–Kier alpha value is -2.19. The predicted molar refractivity (Wildman–Crippen MR) is 89.9 cm³/mol. The normalized spacial score (nSPS) is 19.3. The van der Waals surface area contributed by atoms with Crippen LogP contribution in [0.1, 0.15) is 12.0 Å². The van der Waals surface area contributed by atoms with Crippen molar-refractivity contribution in [1.82, 2.24) is 23.8 Å². The quantitative estimate of drug-likeness (QED) is 0.777. The van der Waals surface area contributed by atoms with Gasteiger partial charge in [-0.25, -0.2) is 18.4 Å². The molecule has 0 unspecified atom stereocenters. The van der Waals surface area contributed by atoms with E-state index in [0.717, 1.165) is 29.4 Å². The summed E-state index contributed by atoms with van der Waals surface area (Å²) in [5, 5.41) is 1.21. The number of hydrogen-bond acceptors (Lipinski definition) is 4. The van der Waals surface area contributed by atoms with Crippen LogP contribution in [0.5, 0.6) is 0 Å². The van der Waals surface area contributed by atoms with Gasteiger partial charge in [0.25, 0.3) is 10.0 Å². The van der Waals surface area contributed by atoms with Gasteiger partial charge in [-0.05, 0) is 36.5 Å². The van der Waals surface area contributed by atoms with Crippen LogP contribution < -0.4 is 0 Å². The SMILES string of the molecule is Cn1cnc(S(=O)(=O)N2CC[C@@H](Cc3cnc4[nH]ccc4c3)C2)c1. The van der Waals surface area contributed by atoms with Crippen molar-refractivity contribution in [2.75, 3.05) is 13.1 Å². The van der Waals surface area contributed by atoms with Crippen molar-refractivity contribution in [3.63, 3.8) is 0 Å². The van der Waals surface area contributed by atoms with Crippen molar-refractivity contribution < 1.29 is 8.42 Å². The zero-order valence-corrected chi connectivity index (χ0v) is 14.2. The zero-order valence-electron chi connectivity index (χ0n) is 13.4. The van der Waals surface area contributed by atoms with Gasteiger partial charge >= 0.3 is 0 Å². The lowest BCUT2D eigenvalue weighted by atomic mass is 9.99. The Balaban J connectivity index is 1.48. The summed E-state index contributed by atoms with van der Waals surface area (Å²) in [6, 6.07) is 4.12. The van der Waals surface area contributed by atoms with Crippen molar-refractivity contribution in [2.24, 2.45) is 13.0 Å². The maximum absolute atomic E-state index is 12.6. The molecule has 3 aromatic heterocycles. The van der Waals surface area contributed by atoms with Gasteiger partial charge in [0.1, 0.15) is 5.65 Å². The number of nitrogens with one attached hydrogen (secondary N) is 1. The molecule has 0 aromatic carbocycles. The molecule has 4 heterocycles. The highest BCUT2D eigenvalue weighted by Crippen LogP contribution is 2.26. The molecule has 0 radical (unpaired) electrons. The molecule has 4 rings (SSSR count). The van der Waals surface area contributed by atoms with Crippen molar-refractivity contribution in [2.45, 2.75) is 17.9 Å². The van der Waals surface area contributed by atoms with Gasteiger partial charge in [0.2, 0.25) is 0 Å². The largest absolute Gasteiger partial charge is 0.346 e. The lowest BCUT2D eigenvalue weighted by Gasteiger charge is -2.15. The van der Waals surface area contributed by atoms with Crippen molar-refractivity contribution >= 4 is 21.1 Å². The molecule has 0 saturated carbocycles. The first kappa shape index (κ1) is 15.3. The molecule has 1 fully saturated rings. The topological polar surface area (TPSA) is 83.9 Å². The summed E-state index contributed by atoms with van der Waals surface area (Å²) in [6.45, 7) is 1.08. The molecule has 3 aromatic rings. The highest BCUT2D eigenvalue weighted by molar-refractivity contribution is 7.89. The van der Waals surface area contributed by atoms with Crippen molar-refractivity contribution in [1.29, 1.82) is 0 Å². The minimum atomic E-state index is -3.49. The van der Waals surface area contributed by atoms with Gasteiger partial charge in [-0.15, -0.1) is 0 Å². The van der Waals surface area contributed by atoms with E-state index in [2.05, 4.69) is 21.0 Å². The molecule has 1 aliphatic heterocycles. The minimum Gasteiger partial charge on any atom is -0.346 e. The number of H-pyrrole nitrogens is 1. The Labute approximate surface area is 140 Å².